The molecule has 3 rings (SSSR count). The van der Waals surface area contributed by atoms with Crippen molar-refractivity contribution in [3.8, 4) is 0 Å². The fourth-order valence-corrected chi connectivity index (χ4v) is 3.08. The van der Waals surface area contributed by atoms with Gasteiger partial charge in [-0.3, -0.25) is 0 Å². The van der Waals surface area contributed by atoms with Gasteiger partial charge in [0.05, 0.1) is 0 Å². The van der Waals surface area contributed by atoms with Gasteiger partial charge in [-0.1, -0.05) is 54.1 Å². The van der Waals surface area contributed by atoms with E-state index in [0.29, 0.717) is 0 Å². The average Bonchev–Trinajstić information content (AvgIpc) is 2.42. The van der Waals surface area contributed by atoms with E-state index < -0.39 is 0 Å². The molecule has 18 heavy (non-hydrogen) atoms. The van der Waals surface area contributed by atoms with Crippen LogP contribution in [0.4, 0.5) is 0 Å². The molecule has 0 aliphatic heterocycles. The third-order valence-corrected chi connectivity index (χ3v) is 4.10. The lowest BCUT2D eigenvalue weighted by Gasteiger charge is -2.25. The molecule has 0 heterocycles. The zero-order valence-corrected chi connectivity index (χ0v) is 11.0. The second kappa shape index (κ2) is 4.97. The van der Waals surface area contributed by atoms with E-state index in [1.165, 1.54) is 36.8 Å². The summed E-state index contributed by atoms with van der Waals surface area (Å²) in [5.41, 5.74) is 5.98. The normalized spacial score (nSPS) is 18.4. The van der Waals surface area contributed by atoms with Crippen LogP contribution in [0.3, 0.4) is 0 Å². The second-order valence-electron chi connectivity index (χ2n) is 5.48. The summed E-state index contributed by atoms with van der Waals surface area (Å²) < 4.78 is 0. The fraction of sp³-hybridized carbons (Fsp3) is 0.333. The predicted molar refractivity (Wildman–Crippen MR) is 77.0 cm³/mol. The van der Waals surface area contributed by atoms with Gasteiger partial charge in [-0.2, -0.15) is 0 Å². The Morgan fingerprint density at radius 2 is 1.78 bits per heavy atom. The molecule has 0 nitrogen and oxygen atoms in total. The molecule has 1 atom stereocenters. The molecule has 0 bridgehead atoms. The highest BCUT2D eigenvalue weighted by Crippen LogP contribution is 2.33. The van der Waals surface area contributed by atoms with Gasteiger partial charge < -0.3 is 0 Å². The van der Waals surface area contributed by atoms with Crippen molar-refractivity contribution >= 4 is 0 Å². The summed E-state index contributed by atoms with van der Waals surface area (Å²) in [5.74, 6) is 0.720. The monoisotopic (exact) mass is 236 g/mol. The predicted octanol–water partition coefficient (Wildman–Crippen LogP) is 4.66. The third-order valence-electron chi connectivity index (χ3n) is 4.10. The molecule has 0 spiro atoms. The van der Waals surface area contributed by atoms with E-state index in [1.54, 1.807) is 11.1 Å². The van der Waals surface area contributed by atoms with E-state index in [-0.39, 0.29) is 0 Å². The van der Waals surface area contributed by atoms with Crippen molar-refractivity contribution in [2.24, 2.45) is 0 Å². The van der Waals surface area contributed by atoms with Gasteiger partial charge in [0.1, 0.15) is 0 Å². The maximum atomic E-state index is 2.33. The van der Waals surface area contributed by atoms with E-state index in [9.17, 15) is 0 Å². The van der Waals surface area contributed by atoms with Gasteiger partial charge in [-0.15, -0.1) is 0 Å². The Labute approximate surface area is 110 Å². The molecule has 0 amide bonds. The minimum absolute atomic E-state index is 0.720. The Morgan fingerprint density at radius 1 is 1.00 bits per heavy atom. The first-order valence-electron chi connectivity index (χ1n) is 6.96. The quantitative estimate of drug-likeness (QED) is 0.711. The van der Waals surface area contributed by atoms with Gasteiger partial charge >= 0.3 is 0 Å². The van der Waals surface area contributed by atoms with Crippen molar-refractivity contribution < 1.29 is 0 Å². The van der Waals surface area contributed by atoms with Crippen LogP contribution in [0.15, 0.2) is 48.5 Å². The van der Waals surface area contributed by atoms with Crippen LogP contribution >= 0.6 is 0 Å². The molecule has 2 aromatic carbocycles. The van der Waals surface area contributed by atoms with E-state index in [1.807, 2.05) is 0 Å². The molecule has 2 aromatic rings. The molecular weight excluding hydrogens is 216 g/mol. The van der Waals surface area contributed by atoms with Crippen LogP contribution in [0.1, 0.15) is 41.0 Å². The van der Waals surface area contributed by atoms with Crippen molar-refractivity contribution in [1.29, 1.82) is 0 Å². The Morgan fingerprint density at radius 3 is 2.61 bits per heavy atom. The lowest BCUT2D eigenvalue weighted by atomic mass is 9.79. The van der Waals surface area contributed by atoms with E-state index in [4.69, 9.17) is 0 Å². The van der Waals surface area contributed by atoms with Gasteiger partial charge in [0.2, 0.25) is 0 Å². The van der Waals surface area contributed by atoms with Crippen LogP contribution in [-0.2, 0) is 12.8 Å². The highest BCUT2D eigenvalue weighted by atomic mass is 14.2. The third kappa shape index (κ3) is 2.33. The van der Waals surface area contributed by atoms with Crippen molar-refractivity contribution in [1.82, 2.24) is 0 Å². The van der Waals surface area contributed by atoms with Crippen LogP contribution in [0.5, 0.6) is 0 Å². The molecule has 0 radical (unpaired) electrons. The Kier molecular flexibility index (Phi) is 3.19. The smallest absolute Gasteiger partial charge is 0.0119 e. The van der Waals surface area contributed by atoms with E-state index >= 15 is 0 Å². The Hall–Kier alpha value is -1.56. The molecular formula is C18H20. The summed E-state index contributed by atoms with van der Waals surface area (Å²) in [6.07, 6.45) is 5.14. The topological polar surface area (TPSA) is 0 Å². The second-order valence-corrected chi connectivity index (χ2v) is 5.48. The molecule has 0 fully saturated rings. The van der Waals surface area contributed by atoms with Crippen LogP contribution in [0, 0.1) is 6.92 Å². The first kappa shape index (κ1) is 11.5. The maximum absolute atomic E-state index is 2.33. The first-order chi connectivity index (χ1) is 8.83. The molecule has 0 aromatic heterocycles. The van der Waals surface area contributed by atoms with Crippen LogP contribution in [0.2, 0.25) is 0 Å². The minimum atomic E-state index is 0.720. The van der Waals surface area contributed by atoms with Gasteiger partial charge in [0.25, 0.3) is 0 Å². The summed E-state index contributed by atoms with van der Waals surface area (Å²) in [7, 11) is 0. The first-order valence-corrected chi connectivity index (χ1v) is 6.96. The number of benzene rings is 2. The Balaban J connectivity index is 1.84. The molecule has 92 valence electrons. The van der Waals surface area contributed by atoms with Gasteiger partial charge in [0, 0.05) is 0 Å². The van der Waals surface area contributed by atoms with Crippen molar-refractivity contribution in [3.63, 3.8) is 0 Å². The minimum Gasteiger partial charge on any atom is -0.0620 e. The molecule has 0 heteroatoms. The van der Waals surface area contributed by atoms with Gasteiger partial charge in [-0.05, 0) is 55.2 Å². The SMILES string of the molecule is Cc1ccc(CC2CCCc3ccccc32)cc1. The summed E-state index contributed by atoms with van der Waals surface area (Å²) in [5, 5.41) is 0. The number of hydrogen-bond donors (Lipinski definition) is 0. The lowest BCUT2D eigenvalue weighted by molar-refractivity contribution is 0.550. The summed E-state index contributed by atoms with van der Waals surface area (Å²) >= 11 is 0. The number of rotatable bonds is 2. The highest BCUT2D eigenvalue weighted by Gasteiger charge is 2.19. The van der Waals surface area contributed by atoms with Gasteiger partial charge in [0.15, 0.2) is 0 Å². The largest absolute Gasteiger partial charge is 0.0620 e. The van der Waals surface area contributed by atoms with Gasteiger partial charge in [-0.25, -0.2) is 0 Å². The molecule has 1 aliphatic rings. The average molecular weight is 236 g/mol. The summed E-state index contributed by atoms with van der Waals surface area (Å²) in [4.78, 5) is 0. The van der Waals surface area contributed by atoms with Crippen molar-refractivity contribution in [2.75, 3.05) is 0 Å². The molecule has 0 saturated heterocycles. The van der Waals surface area contributed by atoms with Crippen LogP contribution < -0.4 is 0 Å². The molecule has 0 saturated carbocycles. The van der Waals surface area contributed by atoms with Crippen molar-refractivity contribution in [2.45, 2.75) is 38.5 Å². The standard InChI is InChI=1S/C18H20/c1-14-9-11-15(12-10-14)13-17-7-4-6-16-5-2-3-8-18(16)17/h2-3,5,8-12,17H,4,6-7,13H2,1H3. The number of aryl methyl sites for hydroxylation is 2. The molecule has 1 aliphatic carbocycles. The number of hydrogen-bond acceptors (Lipinski definition) is 0. The molecule has 0 N–H and O–H groups in total. The Bertz CT molecular complexity index is 522. The van der Waals surface area contributed by atoms with Crippen LogP contribution in [0.25, 0.3) is 0 Å². The zero-order chi connectivity index (χ0) is 12.4. The van der Waals surface area contributed by atoms with E-state index in [0.717, 1.165) is 5.92 Å². The number of fused-ring (bicyclic) bond motifs is 1. The zero-order valence-electron chi connectivity index (χ0n) is 11.0. The molecule has 1 unspecified atom stereocenters. The highest BCUT2D eigenvalue weighted by molar-refractivity contribution is 5.34. The van der Waals surface area contributed by atoms with Crippen molar-refractivity contribution in [3.05, 3.63) is 70.8 Å². The summed E-state index contributed by atoms with van der Waals surface area (Å²) in [6.45, 7) is 2.15. The summed E-state index contributed by atoms with van der Waals surface area (Å²) in [6, 6.07) is 18.0. The van der Waals surface area contributed by atoms with Crippen LogP contribution in [-0.4, -0.2) is 0 Å². The maximum Gasteiger partial charge on any atom is -0.0119 e. The van der Waals surface area contributed by atoms with E-state index in [2.05, 4.69) is 55.5 Å². The lowest BCUT2D eigenvalue weighted by Crippen LogP contribution is -2.11. The fourth-order valence-electron chi connectivity index (χ4n) is 3.08.